The Bertz CT molecular complexity index is 598. The zero-order valence-corrected chi connectivity index (χ0v) is 13.9. The van der Waals surface area contributed by atoms with Gasteiger partial charge < -0.3 is 10.4 Å². The molecular formula is C16H24FNO3S. The summed E-state index contributed by atoms with van der Waals surface area (Å²) in [5.41, 5.74) is -0.569. The second kappa shape index (κ2) is 6.64. The summed E-state index contributed by atoms with van der Waals surface area (Å²) in [5.74, 6) is -0.350. The number of sulfone groups is 1. The van der Waals surface area contributed by atoms with Crippen LogP contribution in [0.15, 0.2) is 24.3 Å². The summed E-state index contributed by atoms with van der Waals surface area (Å²) >= 11 is 0. The molecule has 0 aliphatic heterocycles. The van der Waals surface area contributed by atoms with Crippen molar-refractivity contribution in [3.63, 3.8) is 0 Å². The van der Waals surface area contributed by atoms with Crippen LogP contribution in [0.3, 0.4) is 0 Å². The van der Waals surface area contributed by atoms with Gasteiger partial charge in [-0.05, 0) is 37.5 Å². The van der Waals surface area contributed by atoms with Gasteiger partial charge in [-0.3, -0.25) is 0 Å². The van der Waals surface area contributed by atoms with Gasteiger partial charge in [-0.15, -0.1) is 0 Å². The predicted octanol–water partition coefficient (Wildman–Crippen LogP) is 1.98. The normalized spacial score (nSPS) is 25.6. The smallest absolute Gasteiger partial charge is 0.151 e. The molecule has 0 saturated heterocycles. The van der Waals surface area contributed by atoms with Crippen LogP contribution < -0.4 is 5.32 Å². The molecular weight excluding hydrogens is 305 g/mol. The van der Waals surface area contributed by atoms with E-state index in [1.54, 1.807) is 19.1 Å². The van der Waals surface area contributed by atoms with Crippen molar-refractivity contribution in [3.8, 4) is 0 Å². The zero-order valence-electron chi connectivity index (χ0n) is 13.0. The van der Waals surface area contributed by atoms with Crippen LogP contribution in [0.4, 0.5) is 4.39 Å². The SMILES string of the molecule is CC(O)(CNC1CCCCC1S(C)(=O)=O)c1ccc(F)cc1. The second-order valence-electron chi connectivity index (χ2n) is 6.42. The van der Waals surface area contributed by atoms with E-state index < -0.39 is 20.7 Å². The van der Waals surface area contributed by atoms with Crippen LogP contribution in [0.25, 0.3) is 0 Å². The molecule has 3 atom stereocenters. The fraction of sp³-hybridized carbons (Fsp3) is 0.625. The molecule has 2 rings (SSSR count). The molecule has 3 unspecified atom stereocenters. The Morgan fingerprint density at radius 2 is 1.86 bits per heavy atom. The van der Waals surface area contributed by atoms with Crippen molar-refractivity contribution in [2.45, 2.75) is 49.5 Å². The van der Waals surface area contributed by atoms with Crippen molar-refractivity contribution < 1.29 is 17.9 Å². The lowest BCUT2D eigenvalue weighted by Crippen LogP contribution is -2.50. The first kappa shape index (κ1) is 17.4. The standard InChI is InChI=1S/C16H24FNO3S/c1-16(19,12-7-9-13(17)10-8-12)11-18-14-5-3-4-6-15(14)22(2,20)21/h7-10,14-15,18-19H,3-6,11H2,1-2H3. The van der Waals surface area contributed by atoms with Gasteiger partial charge in [0.2, 0.25) is 0 Å². The summed E-state index contributed by atoms with van der Waals surface area (Å²) in [7, 11) is -3.11. The third-order valence-electron chi connectivity index (χ3n) is 4.43. The molecule has 124 valence electrons. The Morgan fingerprint density at radius 3 is 2.45 bits per heavy atom. The van der Waals surface area contributed by atoms with E-state index in [1.807, 2.05) is 0 Å². The zero-order chi connectivity index (χ0) is 16.4. The Hall–Kier alpha value is -0.980. The lowest BCUT2D eigenvalue weighted by atomic mass is 9.92. The molecule has 22 heavy (non-hydrogen) atoms. The third kappa shape index (κ3) is 4.27. The summed E-state index contributed by atoms with van der Waals surface area (Å²) in [5, 5.41) is 13.4. The number of hydrogen-bond donors (Lipinski definition) is 2. The van der Waals surface area contributed by atoms with Crippen LogP contribution in [0.5, 0.6) is 0 Å². The summed E-state index contributed by atoms with van der Waals surface area (Å²) < 4.78 is 36.7. The molecule has 1 saturated carbocycles. The Labute approximate surface area is 131 Å². The minimum Gasteiger partial charge on any atom is -0.384 e. The molecule has 0 aromatic heterocycles. The topological polar surface area (TPSA) is 66.4 Å². The van der Waals surface area contributed by atoms with Crippen LogP contribution in [-0.2, 0) is 15.4 Å². The molecule has 1 aliphatic rings. The number of benzene rings is 1. The molecule has 0 amide bonds. The van der Waals surface area contributed by atoms with Crippen molar-refractivity contribution in [2.24, 2.45) is 0 Å². The quantitative estimate of drug-likeness (QED) is 0.867. The number of aliphatic hydroxyl groups is 1. The van der Waals surface area contributed by atoms with E-state index >= 15 is 0 Å². The van der Waals surface area contributed by atoms with Crippen LogP contribution in [0.2, 0.25) is 0 Å². The van der Waals surface area contributed by atoms with Crippen molar-refractivity contribution in [3.05, 3.63) is 35.6 Å². The van der Waals surface area contributed by atoms with Gasteiger partial charge in [0.25, 0.3) is 0 Å². The first-order chi connectivity index (χ1) is 10.2. The van der Waals surface area contributed by atoms with Crippen molar-refractivity contribution in [2.75, 3.05) is 12.8 Å². The second-order valence-corrected chi connectivity index (χ2v) is 8.69. The molecule has 0 heterocycles. The highest BCUT2D eigenvalue weighted by Gasteiger charge is 2.34. The average Bonchev–Trinajstić information content (AvgIpc) is 2.45. The van der Waals surface area contributed by atoms with Crippen molar-refractivity contribution in [1.82, 2.24) is 5.32 Å². The summed E-state index contributed by atoms with van der Waals surface area (Å²) in [6, 6.07) is 5.57. The van der Waals surface area contributed by atoms with Gasteiger partial charge >= 0.3 is 0 Å². The molecule has 1 fully saturated rings. The fourth-order valence-corrected chi connectivity index (χ4v) is 4.51. The van der Waals surface area contributed by atoms with E-state index in [2.05, 4.69) is 5.32 Å². The van der Waals surface area contributed by atoms with Crippen LogP contribution in [0.1, 0.15) is 38.2 Å². The Kier molecular flexibility index (Phi) is 5.25. The first-order valence-corrected chi connectivity index (χ1v) is 9.56. The van der Waals surface area contributed by atoms with E-state index in [-0.39, 0.29) is 18.4 Å². The van der Waals surface area contributed by atoms with Crippen LogP contribution in [0, 0.1) is 5.82 Å². The maximum atomic E-state index is 13.0. The first-order valence-electron chi connectivity index (χ1n) is 7.61. The summed E-state index contributed by atoms with van der Waals surface area (Å²) in [6.07, 6.45) is 4.63. The largest absolute Gasteiger partial charge is 0.384 e. The monoisotopic (exact) mass is 329 g/mol. The lowest BCUT2D eigenvalue weighted by Gasteiger charge is -2.34. The van der Waals surface area contributed by atoms with E-state index in [9.17, 15) is 17.9 Å². The molecule has 1 aromatic carbocycles. The van der Waals surface area contributed by atoms with Gasteiger partial charge in [0.15, 0.2) is 9.84 Å². The highest BCUT2D eigenvalue weighted by Crippen LogP contribution is 2.26. The molecule has 0 bridgehead atoms. The third-order valence-corrected chi connectivity index (χ3v) is 6.09. The van der Waals surface area contributed by atoms with Crippen LogP contribution in [-0.4, -0.2) is 37.6 Å². The Balaban J connectivity index is 2.05. The maximum absolute atomic E-state index is 13.0. The van der Waals surface area contributed by atoms with Gasteiger partial charge in [-0.25, -0.2) is 12.8 Å². The molecule has 0 spiro atoms. The summed E-state index contributed by atoms with van der Waals surface area (Å²) in [4.78, 5) is 0. The minimum atomic E-state index is -3.11. The van der Waals surface area contributed by atoms with E-state index in [0.29, 0.717) is 12.0 Å². The minimum absolute atomic E-state index is 0.143. The van der Waals surface area contributed by atoms with Gasteiger partial charge in [-0.2, -0.15) is 0 Å². The Morgan fingerprint density at radius 1 is 1.27 bits per heavy atom. The molecule has 1 aromatic rings. The number of rotatable bonds is 5. The van der Waals surface area contributed by atoms with Gasteiger partial charge in [0.05, 0.1) is 10.9 Å². The number of halogens is 1. The molecule has 2 N–H and O–H groups in total. The van der Waals surface area contributed by atoms with Gasteiger partial charge in [0, 0.05) is 18.8 Å². The lowest BCUT2D eigenvalue weighted by molar-refractivity contribution is 0.0523. The van der Waals surface area contributed by atoms with Gasteiger partial charge in [-0.1, -0.05) is 25.0 Å². The van der Waals surface area contributed by atoms with Crippen molar-refractivity contribution in [1.29, 1.82) is 0 Å². The van der Waals surface area contributed by atoms with E-state index in [1.165, 1.54) is 18.4 Å². The fourth-order valence-electron chi connectivity index (χ4n) is 3.08. The molecule has 1 aliphatic carbocycles. The van der Waals surface area contributed by atoms with E-state index in [4.69, 9.17) is 0 Å². The predicted molar refractivity (Wildman–Crippen MR) is 84.9 cm³/mol. The van der Waals surface area contributed by atoms with Gasteiger partial charge in [0.1, 0.15) is 5.82 Å². The van der Waals surface area contributed by atoms with Crippen molar-refractivity contribution >= 4 is 9.84 Å². The van der Waals surface area contributed by atoms with Crippen LogP contribution >= 0.6 is 0 Å². The number of nitrogens with one attached hydrogen (secondary N) is 1. The molecule has 4 nitrogen and oxygen atoms in total. The van der Waals surface area contributed by atoms with E-state index in [0.717, 1.165) is 19.3 Å². The summed E-state index contributed by atoms with van der Waals surface area (Å²) in [6.45, 7) is 1.88. The maximum Gasteiger partial charge on any atom is 0.151 e. The highest BCUT2D eigenvalue weighted by atomic mass is 32.2. The molecule has 0 radical (unpaired) electrons. The molecule has 6 heteroatoms. The number of hydrogen-bond acceptors (Lipinski definition) is 4. The average molecular weight is 329 g/mol. The highest BCUT2D eigenvalue weighted by molar-refractivity contribution is 7.91.